The van der Waals surface area contributed by atoms with Crippen molar-refractivity contribution in [3.63, 3.8) is 0 Å². The van der Waals surface area contributed by atoms with Crippen LogP contribution in [0.2, 0.25) is 0 Å². The van der Waals surface area contributed by atoms with Crippen LogP contribution in [0.3, 0.4) is 0 Å². The molecule has 28 heavy (non-hydrogen) atoms. The van der Waals surface area contributed by atoms with Crippen LogP contribution in [0.5, 0.6) is 0 Å². The van der Waals surface area contributed by atoms with Crippen molar-refractivity contribution in [3.05, 3.63) is 84.1 Å². The summed E-state index contributed by atoms with van der Waals surface area (Å²) in [7, 11) is 0. The number of aryl methyl sites for hydroxylation is 1. The highest BCUT2D eigenvalue weighted by molar-refractivity contribution is 5.90. The zero-order chi connectivity index (χ0) is 20.0. The summed E-state index contributed by atoms with van der Waals surface area (Å²) in [5.74, 6) is 0.225. The molecule has 0 saturated carbocycles. The highest BCUT2D eigenvalue weighted by Gasteiger charge is 2.30. The molecule has 144 valence electrons. The molecule has 7 heteroatoms. The molecule has 0 aliphatic heterocycles. The predicted octanol–water partition coefficient (Wildman–Crippen LogP) is 5.42. The van der Waals surface area contributed by atoms with Gasteiger partial charge in [-0.2, -0.15) is 13.2 Å². The lowest BCUT2D eigenvalue weighted by Gasteiger charge is -2.11. The maximum atomic E-state index is 12.8. The number of hydrogen-bond acceptors (Lipinski definition) is 3. The van der Waals surface area contributed by atoms with Crippen molar-refractivity contribution >= 4 is 23.1 Å². The Morgan fingerprint density at radius 2 is 1.71 bits per heavy atom. The van der Waals surface area contributed by atoms with Crippen LogP contribution in [0.1, 0.15) is 17.5 Å². The summed E-state index contributed by atoms with van der Waals surface area (Å²) < 4.78 is 38.3. The van der Waals surface area contributed by atoms with Crippen LogP contribution < -0.4 is 10.6 Å². The van der Waals surface area contributed by atoms with Crippen LogP contribution in [0.4, 0.5) is 30.4 Å². The summed E-state index contributed by atoms with van der Waals surface area (Å²) in [6, 6.07) is 17.8. The van der Waals surface area contributed by atoms with Crippen LogP contribution >= 0.6 is 0 Å². The van der Waals surface area contributed by atoms with Gasteiger partial charge in [0.1, 0.15) is 5.82 Å². The molecule has 4 nitrogen and oxygen atoms in total. The number of halogens is 3. The molecule has 2 aromatic carbocycles. The van der Waals surface area contributed by atoms with Crippen molar-refractivity contribution in [2.24, 2.45) is 0 Å². The van der Waals surface area contributed by atoms with Gasteiger partial charge in [-0.05, 0) is 42.3 Å². The van der Waals surface area contributed by atoms with Gasteiger partial charge in [0.25, 0.3) is 0 Å². The second kappa shape index (κ2) is 8.56. The van der Waals surface area contributed by atoms with Crippen LogP contribution in [-0.4, -0.2) is 10.9 Å². The lowest BCUT2D eigenvalue weighted by molar-refractivity contribution is -0.137. The Balaban J connectivity index is 1.55. The quantitative estimate of drug-likeness (QED) is 0.596. The SMILES string of the molecule is O=C(CCc1ccccc1)Nc1ccc(Nc2cccc(C(F)(F)F)c2)cn1. The maximum Gasteiger partial charge on any atom is 0.416 e. The molecular formula is C21H18F3N3O. The minimum Gasteiger partial charge on any atom is -0.354 e. The van der Waals surface area contributed by atoms with Gasteiger partial charge in [-0.1, -0.05) is 36.4 Å². The molecular weight excluding hydrogens is 367 g/mol. The van der Waals surface area contributed by atoms with E-state index in [1.54, 1.807) is 12.1 Å². The Morgan fingerprint density at radius 3 is 2.39 bits per heavy atom. The Hall–Kier alpha value is -3.35. The van der Waals surface area contributed by atoms with E-state index in [9.17, 15) is 18.0 Å². The zero-order valence-electron chi connectivity index (χ0n) is 14.8. The number of nitrogens with zero attached hydrogens (tertiary/aromatic N) is 1. The lowest BCUT2D eigenvalue weighted by Crippen LogP contribution is -2.13. The second-order valence-corrected chi connectivity index (χ2v) is 6.17. The van der Waals surface area contributed by atoms with Crippen molar-refractivity contribution in [1.82, 2.24) is 4.98 Å². The van der Waals surface area contributed by atoms with Crippen molar-refractivity contribution in [1.29, 1.82) is 0 Å². The van der Waals surface area contributed by atoms with E-state index in [4.69, 9.17) is 0 Å². The van der Waals surface area contributed by atoms with E-state index in [1.807, 2.05) is 30.3 Å². The third-order valence-corrected chi connectivity index (χ3v) is 3.99. The van der Waals surface area contributed by atoms with E-state index in [1.165, 1.54) is 18.3 Å². The molecule has 1 amide bonds. The summed E-state index contributed by atoms with van der Waals surface area (Å²) >= 11 is 0. The van der Waals surface area contributed by atoms with Gasteiger partial charge in [-0.15, -0.1) is 0 Å². The Kier molecular flexibility index (Phi) is 5.93. The first-order chi connectivity index (χ1) is 13.4. The maximum absolute atomic E-state index is 12.8. The van der Waals surface area contributed by atoms with Gasteiger partial charge in [-0.3, -0.25) is 4.79 Å². The number of pyridine rings is 1. The summed E-state index contributed by atoms with van der Waals surface area (Å²) in [5, 5.41) is 5.57. The summed E-state index contributed by atoms with van der Waals surface area (Å²) in [4.78, 5) is 16.1. The fourth-order valence-corrected chi connectivity index (χ4v) is 2.59. The molecule has 0 aliphatic carbocycles. The van der Waals surface area contributed by atoms with E-state index >= 15 is 0 Å². The molecule has 0 saturated heterocycles. The first-order valence-electron chi connectivity index (χ1n) is 8.64. The van der Waals surface area contributed by atoms with Gasteiger partial charge in [0.05, 0.1) is 17.4 Å². The fourth-order valence-electron chi connectivity index (χ4n) is 2.59. The number of amides is 1. The molecule has 0 spiro atoms. The van der Waals surface area contributed by atoms with Gasteiger partial charge < -0.3 is 10.6 Å². The zero-order valence-corrected chi connectivity index (χ0v) is 14.8. The standard InChI is InChI=1S/C21H18F3N3O/c22-21(23,24)16-7-4-8-17(13-16)26-18-10-11-19(25-14-18)27-20(28)12-9-15-5-2-1-3-6-15/h1-8,10-11,13-14,26H,9,12H2,(H,25,27,28). The smallest absolute Gasteiger partial charge is 0.354 e. The number of aromatic nitrogens is 1. The normalized spacial score (nSPS) is 11.1. The first-order valence-corrected chi connectivity index (χ1v) is 8.64. The van der Waals surface area contributed by atoms with Gasteiger partial charge in [0.2, 0.25) is 5.91 Å². The number of carbonyl (C=O) groups is 1. The number of alkyl halides is 3. The van der Waals surface area contributed by atoms with E-state index < -0.39 is 11.7 Å². The monoisotopic (exact) mass is 385 g/mol. The predicted molar refractivity (Wildman–Crippen MR) is 102 cm³/mol. The van der Waals surface area contributed by atoms with Gasteiger partial charge in [-0.25, -0.2) is 4.98 Å². The van der Waals surface area contributed by atoms with Crippen LogP contribution in [0.25, 0.3) is 0 Å². The molecule has 2 N–H and O–H groups in total. The fraction of sp³-hybridized carbons (Fsp3) is 0.143. The molecule has 3 rings (SSSR count). The van der Waals surface area contributed by atoms with Gasteiger partial charge in [0.15, 0.2) is 0 Å². The largest absolute Gasteiger partial charge is 0.416 e. The number of benzene rings is 2. The second-order valence-electron chi connectivity index (χ2n) is 6.17. The van der Waals surface area contributed by atoms with E-state index in [0.717, 1.165) is 17.7 Å². The minimum atomic E-state index is -4.40. The summed E-state index contributed by atoms with van der Waals surface area (Å²) in [5.41, 5.74) is 1.16. The Bertz CT molecular complexity index is 926. The Morgan fingerprint density at radius 1 is 0.929 bits per heavy atom. The molecule has 0 aliphatic rings. The molecule has 3 aromatic rings. The molecule has 0 fully saturated rings. The molecule has 1 aromatic heterocycles. The topological polar surface area (TPSA) is 54.0 Å². The first kappa shape index (κ1) is 19.4. The van der Waals surface area contributed by atoms with Crippen LogP contribution in [-0.2, 0) is 17.4 Å². The van der Waals surface area contributed by atoms with Crippen LogP contribution in [0, 0.1) is 0 Å². The molecule has 0 bridgehead atoms. The number of anilines is 3. The van der Waals surface area contributed by atoms with Crippen LogP contribution in [0.15, 0.2) is 72.9 Å². The van der Waals surface area contributed by atoms with Crippen molar-refractivity contribution in [2.45, 2.75) is 19.0 Å². The van der Waals surface area contributed by atoms with E-state index in [2.05, 4.69) is 15.6 Å². The van der Waals surface area contributed by atoms with Crippen molar-refractivity contribution in [3.8, 4) is 0 Å². The number of carbonyl (C=O) groups excluding carboxylic acids is 1. The van der Waals surface area contributed by atoms with Crippen molar-refractivity contribution in [2.75, 3.05) is 10.6 Å². The highest BCUT2D eigenvalue weighted by atomic mass is 19.4. The number of rotatable bonds is 6. The third-order valence-electron chi connectivity index (χ3n) is 3.99. The van der Waals surface area contributed by atoms with E-state index in [0.29, 0.717) is 30.0 Å². The summed E-state index contributed by atoms with van der Waals surface area (Å²) in [6.45, 7) is 0. The third kappa shape index (κ3) is 5.57. The molecule has 0 unspecified atom stereocenters. The van der Waals surface area contributed by atoms with Gasteiger partial charge >= 0.3 is 6.18 Å². The molecule has 0 radical (unpaired) electrons. The summed E-state index contributed by atoms with van der Waals surface area (Å²) in [6.07, 6.45) is -1.99. The molecule has 1 heterocycles. The van der Waals surface area contributed by atoms with Gasteiger partial charge in [0, 0.05) is 12.1 Å². The molecule has 0 atom stereocenters. The highest BCUT2D eigenvalue weighted by Crippen LogP contribution is 2.31. The average Bonchev–Trinajstić information content (AvgIpc) is 2.68. The number of nitrogens with one attached hydrogen (secondary N) is 2. The van der Waals surface area contributed by atoms with Crippen molar-refractivity contribution < 1.29 is 18.0 Å². The minimum absolute atomic E-state index is 0.157. The number of hydrogen-bond donors (Lipinski definition) is 2. The lowest BCUT2D eigenvalue weighted by atomic mass is 10.1. The average molecular weight is 385 g/mol. The Labute approximate surface area is 160 Å². The van der Waals surface area contributed by atoms with E-state index in [-0.39, 0.29) is 5.91 Å².